The van der Waals surface area contributed by atoms with Crippen LogP contribution in [0.15, 0.2) is 34.8 Å². The summed E-state index contributed by atoms with van der Waals surface area (Å²) >= 11 is 3.45. The molecule has 0 aromatic heterocycles. The Labute approximate surface area is 128 Å². The lowest BCUT2D eigenvalue weighted by Gasteiger charge is -2.36. The molecule has 3 atom stereocenters. The number of benzene rings is 1. The summed E-state index contributed by atoms with van der Waals surface area (Å²) in [7, 11) is 0. The minimum atomic E-state index is -0.257. The molecule has 2 fully saturated rings. The fourth-order valence-corrected chi connectivity index (χ4v) is 3.76. The van der Waals surface area contributed by atoms with Gasteiger partial charge in [0.1, 0.15) is 0 Å². The SMILES string of the molecule is C[C@@]12CCC[C@@H](/C=C/c3ccc(Br)cc3)[C@@H]1COC2=O. The van der Waals surface area contributed by atoms with Gasteiger partial charge in [0.2, 0.25) is 0 Å². The van der Waals surface area contributed by atoms with E-state index in [1.54, 1.807) is 0 Å². The number of fused-ring (bicyclic) bond motifs is 1. The summed E-state index contributed by atoms with van der Waals surface area (Å²) in [5, 5.41) is 0. The molecule has 2 aliphatic rings. The van der Waals surface area contributed by atoms with Gasteiger partial charge in [0.05, 0.1) is 12.0 Å². The van der Waals surface area contributed by atoms with Crippen LogP contribution in [0.4, 0.5) is 0 Å². The Morgan fingerprint density at radius 2 is 2.10 bits per heavy atom. The first-order chi connectivity index (χ1) is 9.59. The van der Waals surface area contributed by atoms with Crippen LogP contribution >= 0.6 is 15.9 Å². The zero-order chi connectivity index (χ0) is 14.2. The first-order valence-corrected chi connectivity index (χ1v) is 8.00. The Morgan fingerprint density at radius 1 is 1.35 bits per heavy atom. The van der Waals surface area contributed by atoms with Gasteiger partial charge >= 0.3 is 5.97 Å². The van der Waals surface area contributed by atoms with E-state index < -0.39 is 0 Å². The second-order valence-electron chi connectivity index (χ2n) is 6.09. The molecule has 1 aliphatic heterocycles. The van der Waals surface area contributed by atoms with Crippen LogP contribution in [0.25, 0.3) is 6.08 Å². The summed E-state index contributed by atoms with van der Waals surface area (Å²) in [6.07, 6.45) is 7.68. The molecule has 0 radical (unpaired) electrons. The summed E-state index contributed by atoms with van der Waals surface area (Å²) < 4.78 is 6.41. The molecule has 3 rings (SSSR count). The molecule has 0 bridgehead atoms. The van der Waals surface area contributed by atoms with Crippen LogP contribution in [-0.4, -0.2) is 12.6 Å². The molecule has 1 aromatic carbocycles. The summed E-state index contributed by atoms with van der Waals surface area (Å²) in [6, 6.07) is 8.29. The number of esters is 1. The lowest BCUT2D eigenvalue weighted by molar-refractivity contribution is -0.146. The normalized spacial score (nSPS) is 33.2. The van der Waals surface area contributed by atoms with E-state index in [0.29, 0.717) is 18.4 Å². The second kappa shape index (κ2) is 5.36. The highest BCUT2D eigenvalue weighted by atomic mass is 79.9. The maximum absolute atomic E-state index is 11.9. The molecule has 3 heteroatoms. The molecule has 1 saturated carbocycles. The fraction of sp³-hybridized carbons (Fsp3) is 0.471. The van der Waals surface area contributed by atoms with E-state index in [9.17, 15) is 4.79 Å². The third-order valence-corrected chi connectivity index (χ3v) is 5.36. The summed E-state index contributed by atoms with van der Waals surface area (Å²) in [4.78, 5) is 11.9. The van der Waals surface area contributed by atoms with Crippen molar-refractivity contribution in [2.75, 3.05) is 6.61 Å². The highest BCUT2D eigenvalue weighted by Crippen LogP contribution is 2.49. The van der Waals surface area contributed by atoms with E-state index in [0.717, 1.165) is 23.7 Å². The predicted octanol–water partition coefficient (Wildman–Crippen LogP) is 4.44. The van der Waals surface area contributed by atoms with E-state index in [4.69, 9.17) is 4.74 Å². The molecule has 1 aliphatic carbocycles. The first-order valence-electron chi connectivity index (χ1n) is 7.20. The zero-order valence-electron chi connectivity index (χ0n) is 11.6. The highest BCUT2D eigenvalue weighted by molar-refractivity contribution is 9.10. The van der Waals surface area contributed by atoms with E-state index in [-0.39, 0.29) is 11.4 Å². The van der Waals surface area contributed by atoms with Crippen LogP contribution in [0.5, 0.6) is 0 Å². The van der Waals surface area contributed by atoms with Crippen LogP contribution in [0.3, 0.4) is 0 Å². The Bertz CT molecular complexity index is 534. The molecule has 2 nitrogen and oxygen atoms in total. The van der Waals surface area contributed by atoms with E-state index >= 15 is 0 Å². The number of hydrogen-bond acceptors (Lipinski definition) is 2. The minimum absolute atomic E-state index is 0.00393. The van der Waals surface area contributed by atoms with Gasteiger partial charge in [0, 0.05) is 10.4 Å². The number of rotatable bonds is 2. The number of cyclic esters (lactones) is 1. The molecular formula is C17H19BrO2. The number of carbonyl (C=O) groups excluding carboxylic acids is 1. The summed E-state index contributed by atoms with van der Waals surface area (Å²) in [5.74, 6) is 0.795. The van der Waals surface area contributed by atoms with Crippen molar-refractivity contribution in [1.82, 2.24) is 0 Å². The van der Waals surface area contributed by atoms with Gasteiger partial charge in [-0.2, -0.15) is 0 Å². The minimum Gasteiger partial charge on any atom is -0.465 e. The van der Waals surface area contributed by atoms with Crippen molar-refractivity contribution in [3.05, 3.63) is 40.4 Å². The van der Waals surface area contributed by atoms with Gasteiger partial charge in [0.25, 0.3) is 0 Å². The Morgan fingerprint density at radius 3 is 2.85 bits per heavy atom. The summed E-state index contributed by atoms with van der Waals surface area (Å²) in [6.45, 7) is 2.66. The Kier molecular flexibility index (Phi) is 3.72. The fourth-order valence-electron chi connectivity index (χ4n) is 3.49. The topological polar surface area (TPSA) is 26.3 Å². The lowest BCUT2D eigenvalue weighted by atomic mass is 9.64. The van der Waals surface area contributed by atoms with Crippen LogP contribution < -0.4 is 0 Å². The first kappa shape index (κ1) is 13.9. The largest absolute Gasteiger partial charge is 0.465 e. The van der Waals surface area contributed by atoms with Gasteiger partial charge in [-0.25, -0.2) is 0 Å². The second-order valence-corrected chi connectivity index (χ2v) is 7.00. The standard InChI is InChI=1S/C17H19BrO2/c1-17-10-2-3-13(15(17)11-20-16(17)19)7-4-12-5-8-14(18)9-6-12/h4-9,13,15H,2-3,10-11H2,1H3/b7-4+/t13-,15-,17+/m0/s1. The number of ether oxygens (including phenoxy) is 1. The zero-order valence-corrected chi connectivity index (χ0v) is 13.2. The number of carbonyl (C=O) groups is 1. The highest BCUT2D eigenvalue weighted by Gasteiger charge is 2.52. The van der Waals surface area contributed by atoms with E-state index in [1.807, 2.05) is 12.1 Å². The Hall–Kier alpha value is -1.09. The molecular weight excluding hydrogens is 316 g/mol. The van der Waals surface area contributed by atoms with Crippen LogP contribution in [-0.2, 0) is 9.53 Å². The lowest BCUT2D eigenvalue weighted by Crippen LogP contribution is -2.37. The average molecular weight is 335 g/mol. The van der Waals surface area contributed by atoms with Crippen LogP contribution in [0.2, 0.25) is 0 Å². The molecule has 0 spiro atoms. The average Bonchev–Trinajstić information content (AvgIpc) is 2.75. The van der Waals surface area contributed by atoms with Crippen LogP contribution in [0, 0.1) is 17.3 Å². The number of halogens is 1. The molecule has 106 valence electrons. The van der Waals surface area contributed by atoms with Gasteiger partial charge in [-0.15, -0.1) is 0 Å². The molecule has 1 aromatic rings. The third-order valence-electron chi connectivity index (χ3n) is 4.83. The molecule has 1 heterocycles. The van der Waals surface area contributed by atoms with Gasteiger partial charge in [0.15, 0.2) is 0 Å². The van der Waals surface area contributed by atoms with Gasteiger partial charge in [-0.05, 0) is 43.4 Å². The third kappa shape index (κ3) is 2.44. The smallest absolute Gasteiger partial charge is 0.312 e. The van der Waals surface area contributed by atoms with Crippen molar-refractivity contribution in [1.29, 1.82) is 0 Å². The van der Waals surface area contributed by atoms with Crippen molar-refractivity contribution in [3.8, 4) is 0 Å². The van der Waals surface area contributed by atoms with Crippen molar-refractivity contribution in [2.45, 2.75) is 26.2 Å². The molecule has 20 heavy (non-hydrogen) atoms. The van der Waals surface area contributed by atoms with Crippen molar-refractivity contribution in [2.24, 2.45) is 17.3 Å². The maximum Gasteiger partial charge on any atom is 0.312 e. The molecule has 1 saturated heterocycles. The molecule has 0 unspecified atom stereocenters. The van der Waals surface area contributed by atoms with E-state index in [1.165, 1.54) is 5.56 Å². The maximum atomic E-state index is 11.9. The predicted molar refractivity (Wildman–Crippen MR) is 83.1 cm³/mol. The molecule has 0 N–H and O–H groups in total. The quantitative estimate of drug-likeness (QED) is 0.747. The van der Waals surface area contributed by atoms with Gasteiger partial charge in [-0.1, -0.05) is 46.6 Å². The number of allylic oxidation sites excluding steroid dienone is 1. The van der Waals surface area contributed by atoms with Gasteiger partial charge in [-0.3, -0.25) is 4.79 Å². The van der Waals surface area contributed by atoms with Crippen molar-refractivity contribution in [3.63, 3.8) is 0 Å². The Balaban J connectivity index is 1.77. The summed E-state index contributed by atoms with van der Waals surface area (Å²) in [5.41, 5.74) is 0.943. The van der Waals surface area contributed by atoms with Crippen LogP contribution in [0.1, 0.15) is 31.7 Å². The van der Waals surface area contributed by atoms with Gasteiger partial charge < -0.3 is 4.74 Å². The number of hydrogen-bond donors (Lipinski definition) is 0. The van der Waals surface area contributed by atoms with Crippen molar-refractivity contribution >= 4 is 28.0 Å². The monoisotopic (exact) mass is 334 g/mol. The van der Waals surface area contributed by atoms with E-state index in [2.05, 4.69) is 47.1 Å². The molecule has 0 amide bonds. The van der Waals surface area contributed by atoms with Crippen molar-refractivity contribution < 1.29 is 9.53 Å².